The molecular weight excluding hydrogens is 216 g/mol. The number of anilines is 1. The zero-order valence-electron chi connectivity index (χ0n) is 9.62. The van der Waals surface area contributed by atoms with Gasteiger partial charge in [0.05, 0.1) is 5.69 Å². The molecule has 0 saturated heterocycles. The molecule has 2 amide bonds. The number of carbonyl (C=O) groups is 1. The summed E-state index contributed by atoms with van der Waals surface area (Å²) in [5.74, 6) is 0. The van der Waals surface area contributed by atoms with E-state index in [4.69, 9.17) is 0 Å². The van der Waals surface area contributed by atoms with Gasteiger partial charge in [0.1, 0.15) is 0 Å². The first-order valence-corrected chi connectivity index (χ1v) is 6.15. The Morgan fingerprint density at radius 1 is 1.12 bits per heavy atom. The highest BCUT2D eigenvalue weighted by molar-refractivity contribution is 5.93. The van der Waals surface area contributed by atoms with Crippen molar-refractivity contribution in [1.29, 1.82) is 0 Å². The van der Waals surface area contributed by atoms with Crippen molar-refractivity contribution in [2.24, 2.45) is 0 Å². The molecule has 17 heavy (non-hydrogen) atoms. The monoisotopic (exact) mass is 232 g/mol. The number of fused-ring (bicyclic) bond motifs is 2. The standard InChI is InChI=1S/C13H16N2O2/c16-12-10-6-8-4-2-1-3-5-9(8)7-11(10)14-13(17)15-12/h6-7,12,16H,1-5H2,(H2,14,15,17). The fourth-order valence-electron chi connectivity index (χ4n) is 2.68. The van der Waals surface area contributed by atoms with Crippen LogP contribution in [0.4, 0.5) is 10.5 Å². The molecule has 0 radical (unpaired) electrons. The van der Waals surface area contributed by atoms with Gasteiger partial charge in [0, 0.05) is 5.56 Å². The zero-order valence-corrected chi connectivity index (χ0v) is 9.62. The van der Waals surface area contributed by atoms with Crippen molar-refractivity contribution in [3.05, 3.63) is 28.8 Å². The molecule has 1 atom stereocenters. The molecule has 4 heteroatoms. The Bertz CT molecular complexity index is 471. The summed E-state index contributed by atoms with van der Waals surface area (Å²) in [5.41, 5.74) is 4.17. The van der Waals surface area contributed by atoms with Crippen molar-refractivity contribution < 1.29 is 9.90 Å². The van der Waals surface area contributed by atoms with Crippen LogP contribution < -0.4 is 10.6 Å². The van der Waals surface area contributed by atoms with Gasteiger partial charge in [0.2, 0.25) is 0 Å². The minimum Gasteiger partial charge on any atom is -0.369 e. The second kappa shape index (κ2) is 4.04. The van der Waals surface area contributed by atoms with Gasteiger partial charge in [0.15, 0.2) is 6.23 Å². The number of aliphatic hydroxyl groups is 1. The Hall–Kier alpha value is -1.55. The topological polar surface area (TPSA) is 61.4 Å². The van der Waals surface area contributed by atoms with E-state index in [-0.39, 0.29) is 6.03 Å². The predicted molar refractivity (Wildman–Crippen MR) is 64.8 cm³/mol. The lowest BCUT2D eigenvalue weighted by Gasteiger charge is -2.25. The molecule has 0 bridgehead atoms. The van der Waals surface area contributed by atoms with Crippen LogP contribution in [-0.2, 0) is 12.8 Å². The maximum atomic E-state index is 11.3. The van der Waals surface area contributed by atoms with Crippen LogP contribution in [0.25, 0.3) is 0 Å². The Kier molecular flexibility index (Phi) is 2.52. The molecule has 4 nitrogen and oxygen atoms in total. The number of hydrogen-bond donors (Lipinski definition) is 3. The number of rotatable bonds is 0. The molecule has 0 fully saturated rings. The van der Waals surface area contributed by atoms with Crippen molar-refractivity contribution in [3.8, 4) is 0 Å². The van der Waals surface area contributed by atoms with Crippen LogP contribution in [-0.4, -0.2) is 11.1 Å². The number of amides is 2. The van der Waals surface area contributed by atoms with E-state index in [1.807, 2.05) is 12.1 Å². The van der Waals surface area contributed by atoms with Crippen LogP contribution in [0.2, 0.25) is 0 Å². The predicted octanol–water partition coefficient (Wildman–Crippen LogP) is 2.08. The average Bonchev–Trinajstić information content (AvgIpc) is 2.51. The van der Waals surface area contributed by atoms with E-state index in [2.05, 4.69) is 10.6 Å². The third-order valence-corrected chi connectivity index (χ3v) is 3.57. The fraction of sp³-hybridized carbons (Fsp3) is 0.462. The Balaban J connectivity index is 2.06. The molecule has 1 aliphatic carbocycles. The molecule has 1 aromatic carbocycles. The lowest BCUT2D eigenvalue weighted by Crippen LogP contribution is -2.37. The molecule has 3 rings (SSSR count). The van der Waals surface area contributed by atoms with Crippen molar-refractivity contribution in [1.82, 2.24) is 5.32 Å². The first kappa shape index (κ1) is 10.6. The molecule has 1 heterocycles. The second-order valence-corrected chi connectivity index (χ2v) is 4.77. The van der Waals surface area contributed by atoms with Gasteiger partial charge in [-0.15, -0.1) is 0 Å². The van der Waals surface area contributed by atoms with Crippen LogP contribution in [0.15, 0.2) is 12.1 Å². The van der Waals surface area contributed by atoms with Crippen LogP contribution in [0, 0.1) is 0 Å². The minimum absolute atomic E-state index is 0.335. The highest BCUT2D eigenvalue weighted by atomic mass is 16.3. The van der Waals surface area contributed by atoms with Crippen molar-refractivity contribution in [3.63, 3.8) is 0 Å². The van der Waals surface area contributed by atoms with Gasteiger partial charge >= 0.3 is 6.03 Å². The Morgan fingerprint density at radius 3 is 2.59 bits per heavy atom. The van der Waals surface area contributed by atoms with Crippen LogP contribution in [0.5, 0.6) is 0 Å². The van der Waals surface area contributed by atoms with Gasteiger partial charge in [0.25, 0.3) is 0 Å². The van der Waals surface area contributed by atoms with Crippen molar-refractivity contribution in [2.75, 3.05) is 5.32 Å². The quantitative estimate of drug-likeness (QED) is 0.600. The van der Waals surface area contributed by atoms with Crippen molar-refractivity contribution in [2.45, 2.75) is 38.3 Å². The van der Waals surface area contributed by atoms with E-state index in [0.29, 0.717) is 0 Å². The highest BCUT2D eigenvalue weighted by Gasteiger charge is 2.24. The van der Waals surface area contributed by atoms with E-state index in [1.54, 1.807) is 0 Å². The third kappa shape index (κ3) is 1.89. The largest absolute Gasteiger partial charge is 0.369 e. The van der Waals surface area contributed by atoms with Gasteiger partial charge in [-0.2, -0.15) is 0 Å². The summed E-state index contributed by atoms with van der Waals surface area (Å²) in [7, 11) is 0. The second-order valence-electron chi connectivity index (χ2n) is 4.77. The maximum absolute atomic E-state index is 11.3. The number of carbonyl (C=O) groups excluding carboxylic acids is 1. The normalized spacial score (nSPS) is 22.9. The van der Waals surface area contributed by atoms with E-state index >= 15 is 0 Å². The molecule has 3 N–H and O–H groups in total. The molecular formula is C13H16N2O2. The molecule has 90 valence electrons. The summed E-state index contributed by atoms with van der Waals surface area (Å²) in [4.78, 5) is 11.3. The summed E-state index contributed by atoms with van der Waals surface area (Å²) in [6.45, 7) is 0. The molecule has 1 unspecified atom stereocenters. The van der Waals surface area contributed by atoms with Gasteiger partial charge < -0.3 is 15.7 Å². The first-order valence-electron chi connectivity index (χ1n) is 6.15. The van der Waals surface area contributed by atoms with Gasteiger partial charge in [-0.25, -0.2) is 4.79 Å². The van der Waals surface area contributed by atoms with E-state index in [0.717, 1.165) is 24.1 Å². The van der Waals surface area contributed by atoms with Crippen LogP contribution in [0.1, 0.15) is 42.2 Å². The lowest BCUT2D eigenvalue weighted by atomic mass is 9.97. The first-order chi connectivity index (χ1) is 8.24. The molecule has 1 aromatic rings. The summed E-state index contributed by atoms with van der Waals surface area (Å²) >= 11 is 0. The van der Waals surface area contributed by atoms with Gasteiger partial charge in [-0.3, -0.25) is 0 Å². The van der Waals surface area contributed by atoms with E-state index < -0.39 is 6.23 Å². The molecule has 0 aromatic heterocycles. The number of hydrogen-bond acceptors (Lipinski definition) is 2. The molecule has 2 aliphatic rings. The molecule has 0 spiro atoms. The average molecular weight is 232 g/mol. The highest BCUT2D eigenvalue weighted by Crippen LogP contribution is 2.31. The smallest absolute Gasteiger partial charge is 0.321 e. The third-order valence-electron chi connectivity index (χ3n) is 3.57. The Morgan fingerprint density at radius 2 is 1.82 bits per heavy atom. The number of aryl methyl sites for hydroxylation is 2. The van der Waals surface area contributed by atoms with E-state index in [1.165, 1.54) is 30.4 Å². The number of benzene rings is 1. The summed E-state index contributed by atoms with van der Waals surface area (Å²) in [6, 6.07) is 3.73. The number of nitrogens with one attached hydrogen (secondary N) is 2. The fourth-order valence-corrected chi connectivity index (χ4v) is 2.68. The molecule has 1 aliphatic heterocycles. The lowest BCUT2D eigenvalue weighted by molar-refractivity contribution is 0.144. The zero-order chi connectivity index (χ0) is 11.8. The summed E-state index contributed by atoms with van der Waals surface area (Å²) < 4.78 is 0. The van der Waals surface area contributed by atoms with E-state index in [9.17, 15) is 9.90 Å². The molecule has 0 saturated carbocycles. The summed E-state index contributed by atoms with van der Waals surface area (Å²) in [6.07, 6.45) is 4.94. The Labute approximate surface area is 100 Å². The van der Waals surface area contributed by atoms with Crippen LogP contribution in [0.3, 0.4) is 0 Å². The van der Waals surface area contributed by atoms with Crippen LogP contribution >= 0.6 is 0 Å². The SMILES string of the molecule is O=C1Nc2cc3c(cc2C(O)N1)CCCCC3. The minimum atomic E-state index is -0.882. The summed E-state index contributed by atoms with van der Waals surface area (Å²) in [5, 5.41) is 15.0. The number of urea groups is 1. The van der Waals surface area contributed by atoms with Gasteiger partial charge in [-0.05, 0) is 48.9 Å². The maximum Gasteiger partial charge on any atom is 0.321 e. The number of aliphatic hydroxyl groups excluding tert-OH is 1. The van der Waals surface area contributed by atoms with Gasteiger partial charge in [-0.1, -0.05) is 6.42 Å². The van der Waals surface area contributed by atoms with Crippen molar-refractivity contribution >= 4 is 11.7 Å².